The number of hydrogen-bond donors (Lipinski definition) is 2. The zero-order chi connectivity index (χ0) is 30.1. The number of hydrogen-bond acceptors (Lipinski definition) is 7. The van der Waals surface area contributed by atoms with Crippen molar-refractivity contribution in [2.45, 2.75) is 109 Å². The Labute approximate surface area is 242 Å². The monoisotopic (exact) mass is 579 g/mol. The number of nitrogens with one attached hydrogen (secondary N) is 1. The Kier molecular flexibility index (Phi) is 12.9. The summed E-state index contributed by atoms with van der Waals surface area (Å²) in [6, 6.07) is 7.30. The van der Waals surface area contributed by atoms with Gasteiger partial charge in [-0.3, -0.25) is 4.79 Å². The SMILES string of the molecule is C=CC[C@H](OC)[C@@H](CO)NC(=O)C[C@@H]1OC(Cc2ccc(OC)cc2)O[C@@H](CCO[Si](C)(C)C(C)(C)C)C1(C)C. The summed E-state index contributed by atoms with van der Waals surface area (Å²) in [6.45, 7) is 19.5. The van der Waals surface area contributed by atoms with Gasteiger partial charge in [0.1, 0.15) is 5.75 Å². The molecule has 1 aliphatic heterocycles. The molecule has 1 amide bonds. The van der Waals surface area contributed by atoms with Crippen LogP contribution in [-0.2, 0) is 29.9 Å². The second-order valence-corrected chi connectivity index (χ2v) is 17.6. The lowest BCUT2D eigenvalue weighted by Crippen LogP contribution is -2.55. The van der Waals surface area contributed by atoms with E-state index in [9.17, 15) is 9.90 Å². The third-order valence-corrected chi connectivity index (χ3v) is 13.1. The van der Waals surface area contributed by atoms with E-state index in [4.69, 9.17) is 23.4 Å². The Morgan fingerprint density at radius 2 is 1.80 bits per heavy atom. The summed E-state index contributed by atoms with van der Waals surface area (Å²) in [4.78, 5) is 13.2. The van der Waals surface area contributed by atoms with E-state index in [0.717, 1.165) is 11.3 Å². The predicted octanol–water partition coefficient (Wildman–Crippen LogP) is 5.24. The highest BCUT2D eigenvalue weighted by atomic mass is 28.4. The summed E-state index contributed by atoms with van der Waals surface area (Å²) in [6.07, 6.45) is 2.16. The molecule has 1 fully saturated rings. The van der Waals surface area contributed by atoms with Gasteiger partial charge in [0.2, 0.25) is 5.91 Å². The summed E-state index contributed by atoms with van der Waals surface area (Å²) in [7, 11) is 1.29. The molecule has 0 aliphatic carbocycles. The second-order valence-electron chi connectivity index (χ2n) is 12.8. The minimum atomic E-state index is -1.92. The van der Waals surface area contributed by atoms with Crippen LogP contribution < -0.4 is 10.1 Å². The molecule has 40 heavy (non-hydrogen) atoms. The van der Waals surface area contributed by atoms with Gasteiger partial charge in [0.25, 0.3) is 0 Å². The van der Waals surface area contributed by atoms with Crippen LogP contribution in [0.1, 0.15) is 59.4 Å². The molecule has 8 nitrogen and oxygen atoms in total. The van der Waals surface area contributed by atoms with E-state index in [1.54, 1.807) is 20.3 Å². The normalized spacial score (nSPS) is 22.8. The molecular weight excluding hydrogens is 526 g/mol. The van der Waals surface area contributed by atoms with Crippen molar-refractivity contribution >= 4 is 14.2 Å². The van der Waals surface area contributed by atoms with Crippen molar-refractivity contribution in [1.29, 1.82) is 0 Å². The van der Waals surface area contributed by atoms with Crippen LogP contribution in [0.2, 0.25) is 18.1 Å². The summed E-state index contributed by atoms with van der Waals surface area (Å²) in [5.41, 5.74) is 0.596. The Bertz CT molecular complexity index is 929. The van der Waals surface area contributed by atoms with E-state index in [-0.39, 0.29) is 36.2 Å². The summed E-state index contributed by atoms with van der Waals surface area (Å²) in [5, 5.41) is 13.0. The maximum atomic E-state index is 13.2. The number of aliphatic hydroxyl groups is 1. The van der Waals surface area contributed by atoms with E-state index < -0.39 is 32.2 Å². The van der Waals surface area contributed by atoms with Gasteiger partial charge in [-0.2, -0.15) is 0 Å². The minimum absolute atomic E-state index is 0.117. The molecule has 1 saturated heterocycles. The predicted molar refractivity (Wildman–Crippen MR) is 161 cm³/mol. The average molecular weight is 580 g/mol. The molecule has 1 aliphatic rings. The number of carbonyl (C=O) groups excluding carboxylic acids is 1. The van der Waals surface area contributed by atoms with Gasteiger partial charge in [-0.05, 0) is 48.7 Å². The van der Waals surface area contributed by atoms with Gasteiger partial charge in [0.05, 0.1) is 44.5 Å². The lowest BCUT2D eigenvalue weighted by atomic mass is 9.76. The molecule has 0 saturated carbocycles. The van der Waals surface area contributed by atoms with Crippen molar-refractivity contribution < 1.29 is 33.3 Å². The third-order valence-electron chi connectivity index (χ3n) is 8.57. The van der Waals surface area contributed by atoms with Crippen molar-refractivity contribution in [3.8, 4) is 5.75 Å². The summed E-state index contributed by atoms with van der Waals surface area (Å²) < 4.78 is 30.3. The Hall–Kier alpha value is -1.75. The van der Waals surface area contributed by atoms with Crippen LogP contribution in [0.5, 0.6) is 5.75 Å². The molecule has 2 rings (SSSR count). The summed E-state index contributed by atoms with van der Waals surface area (Å²) in [5.74, 6) is 0.583. The highest BCUT2D eigenvalue weighted by Crippen LogP contribution is 2.41. The van der Waals surface area contributed by atoms with Gasteiger partial charge in [-0.15, -0.1) is 6.58 Å². The van der Waals surface area contributed by atoms with Crippen molar-refractivity contribution in [1.82, 2.24) is 5.32 Å². The lowest BCUT2D eigenvalue weighted by molar-refractivity contribution is -0.294. The average Bonchev–Trinajstić information content (AvgIpc) is 2.88. The summed E-state index contributed by atoms with van der Waals surface area (Å²) >= 11 is 0. The van der Waals surface area contributed by atoms with Gasteiger partial charge in [0, 0.05) is 25.6 Å². The fraction of sp³-hybridized carbons (Fsp3) is 0.710. The first-order valence-corrected chi connectivity index (χ1v) is 17.2. The third kappa shape index (κ3) is 9.39. The molecule has 9 heteroatoms. The fourth-order valence-electron chi connectivity index (χ4n) is 4.67. The van der Waals surface area contributed by atoms with Crippen LogP contribution >= 0.6 is 0 Å². The largest absolute Gasteiger partial charge is 0.497 e. The fourth-order valence-corrected chi connectivity index (χ4v) is 5.74. The molecular formula is C31H53NO7Si. The van der Waals surface area contributed by atoms with E-state index >= 15 is 0 Å². The van der Waals surface area contributed by atoms with Gasteiger partial charge in [0.15, 0.2) is 14.6 Å². The molecule has 1 unspecified atom stereocenters. The molecule has 0 aromatic heterocycles. The molecule has 228 valence electrons. The van der Waals surface area contributed by atoms with E-state index in [1.165, 1.54) is 0 Å². The molecule has 2 N–H and O–H groups in total. The van der Waals surface area contributed by atoms with Gasteiger partial charge < -0.3 is 33.8 Å². The molecule has 0 spiro atoms. The van der Waals surface area contributed by atoms with E-state index in [1.807, 2.05) is 24.3 Å². The molecule has 0 radical (unpaired) electrons. The van der Waals surface area contributed by atoms with E-state index in [2.05, 4.69) is 59.6 Å². The van der Waals surface area contributed by atoms with Gasteiger partial charge in [-0.1, -0.05) is 52.8 Å². The highest BCUT2D eigenvalue weighted by molar-refractivity contribution is 6.74. The second kappa shape index (κ2) is 14.9. The first-order chi connectivity index (χ1) is 18.7. The zero-order valence-electron chi connectivity index (χ0n) is 26.1. The number of aliphatic hydroxyl groups excluding tert-OH is 1. The Balaban J connectivity index is 2.21. The molecule has 5 atom stereocenters. The van der Waals surface area contributed by atoms with Crippen molar-refractivity contribution in [3.63, 3.8) is 0 Å². The lowest BCUT2D eigenvalue weighted by Gasteiger charge is -2.48. The molecule has 0 bridgehead atoms. The van der Waals surface area contributed by atoms with Crippen molar-refractivity contribution in [3.05, 3.63) is 42.5 Å². The maximum absolute atomic E-state index is 13.2. The molecule has 1 aromatic carbocycles. The topological polar surface area (TPSA) is 95.5 Å². The van der Waals surface area contributed by atoms with Crippen LogP contribution in [0.4, 0.5) is 0 Å². The molecule has 1 aromatic rings. The number of benzene rings is 1. The Morgan fingerprint density at radius 1 is 1.18 bits per heavy atom. The van der Waals surface area contributed by atoms with Crippen LogP contribution in [0.15, 0.2) is 36.9 Å². The highest BCUT2D eigenvalue weighted by Gasteiger charge is 2.47. The maximum Gasteiger partial charge on any atom is 0.223 e. The van der Waals surface area contributed by atoms with Crippen LogP contribution in [0.25, 0.3) is 0 Å². The van der Waals surface area contributed by atoms with Gasteiger partial charge in [-0.25, -0.2) is 0 Å². The van der Waals surface area contributed by atoms with Crippen LogP contribution in [0.3, 0.4) is 0 Å². The van der Waals surface area contributed by atoms with E-state index in [0.29, 0.717) is 25.9 Å². The number of carbonyl (C=O) groups is 1. The Morgan fingerprint density at radius 3 is 2.33 bits per heavy atom. The van der Waals surface area contributed by atoms with Gasteiger partial charge >= 0.3 is 0 Å². The number of methoxy groups -OCH3 is 2. The minimum Gasteiger partial charge on any atom is -0.497 e. The van der Waals surface area contributed by atoms with Crippen molar-refractivity contribution in [2.24, 2.45) is 5.41 Å². The first kappa shape index (κ1) is 34.4. The number of rotatable bonds is 15. The first-order valence-electron chi connectivity index (χ1n) is 14.3. The van der Waals surface area contributed by atoms with Crippen LogP contribution in [0, 0.1) is 5.41 Å². The zero-order valence-corrected chi connectivity index (χ0v) is 27.1. The quantitative estimate of drug-likeness (QED) is 0.217. The smallest absolute Gasteiger partial charge is 0.223 e. The number of amides is 1. The van der Waals surface area contributed by atoms with Crippen LogP contribution in [-0.4, -0.2) is 77.4 Å². The van der Waals surface area contributed by atoms with Crippen molar-refractivity contribution in [2.75, 3.05) is 27.4 Å². The standard InChI is InChI=1S/C31H53NO7Si/c1-11-12-25(36-8)24(21-33)32-28(34)20-27-31(5,6)26(17-18-37-40(9,10)30(2,3)4)38-29(39-27)19-22-13-15-23(35-7)16-14-22/h11,13-16,24-27,29,33H,1,12,17-21H2,2-10H3,(H,32,34)/t24-,25+,26+,27+,29?/m1/s1. The number of ether oxygens (including phenoxy) is 4. The molecule has 1 heterocycles.